The molecule has 0 saturated carbocycles. The van der Waals surface area contributed by atoms with E-state index in [-0.39, 0.29) is 6.04 Å². The molecule has 0 aromatic carbocycles. The third-order valence-electron chi connectivity index (χ3n) is 4.11. The van der Waals surface area contributed by atoms with Gasteiger partial charge in [0.05, 0.1) is 0 Å². The van der Waals surface area contributed by atoms with E-state index in [0.717, 1.165) is 39.0 Å². The minimum Gasteiger partial charge on any atom is -0.343 e. The lowest BCUT2D eigenvalue weighted by Crippen LogP contribution is -2.48. The first kappa shape index (κ1) is 18.4. The molecule has 0 bridgehead atoms. The second kappa shape index (κ2) is 9.42. The lowest BCUT2D eigenvalue weighted by atomic mass is 10.0. The van der Waals surface area contributed by atoms with Crippen molar-refractivity contribution < 1.29 is 4.79 Å². The molecule has 1 atom stereocenters. The van der Waals surface area contributed by atoms with Crippen LogP contribution in [0, 0.1) is 11.8 Å². The fourth-order valence-electron chi connectivity index (χ4n) is 3.15. The van der Waals surface area contributed by atoms with Gasteiger partial charge in [-0.2, -0.15) is 0 Å². The van der Waals surface area contributed by atoms with Crippen LogP contribution in [0.5, 0.6) is 0 Å². The van der Waals surface area contributed by atoms with E-state index in [1.165, 1.54) is 6.42 Å². The number of nitrogens with zero attached hydrogens (tertiary/aromatic N) is 2. The molecule has 21 heavy (non-hydrogen) atoms. The highest BCUT2D eigenvalue weighted by Crippen LogP contribution is 2.15. The average molecular weight is 297 g/mol. The molecule has 0 aromatic rings. The van der Waals surface area contributed by atoms with Gasteiger partial charge in [-0.1, -0.05) is 27.7 Å². The van der Waals surface area contributed by atoms with Gasteiger partial charge < -0.3 is 10.6 Å². The van der Waals surface area contributed by atoms with Crippen molar-refractivity contribution in [3.63, 3.8) is 0 Å². The van der Waals surface area contributed by atoms with Gasteiger partial charge in [0.1, 0.15) is 0 Å². The van der Waals surface area contributed by atoms with Crippen molar-refractivity contribution in [1.82, 2.24) is 9.80 Å². The number of nitrogens with two attached hydrogens (primary N) is 1. The first-order chi connectivity index (χ1) is 9.93. The van der Waals surface area contributed by atoms with Crippen molar-refractivity contribution in [2.24, 2.45) is 17.6 Å². The summed E-state index contributed by atoms with van der Waals surface area (Å²) < 4.78 is 0. The van der Waals surface area contributed by atoms with Gasteiger partial charge in [-0.15, -0.1) is 0 Å². The van der Waals surface area contributed by atoms with Gasteiger partial charge in [-0.3, -0.25) is 9.69 Å². The predicted octanol–water partition coefficient (Wildman–Crippen LogP) is 2.33. The van der Waals surface area contributed by atoms with Crippen molar-refractivity contribution >= 4 is 5.91 Å². The molecule has 1 fully saturated rings. The van der Waals surface area contributed by atoms with Gasteiger partial charge in [0.15, 0.2) is 0 Å². The van der Waals surface area contributed by atoms with E-state index >= 15 is 0 Å². The van der Waals surface area contributed by atoms with E-state index in [0.29, 0.717) is 30.7 Å². The first-order valence-electron chi connectivity index (χ1n) is 8.66. The lowest BCUT2D eigenvalue weighted by Gasteiger charge is -2.35. The molecule has 4 heteroatoms. The van der Waals surface area contributed by atoms with Crippen molar-refractivity contribution in [1.29, 1.82) is 0 Å². The molecule has 124 valence electrons. The average Bonchev–Trinajstić information content (AvgIpc) is 2.43. The van der Waals surface area contributed by atoms with Gasteiger partial charge in [0.25, 0.3) is 0 Å². The molecule has 2 N–H and O–H groups in total. The number of amides is 1. The Kier molecular flexibility index (Phi) is 8.27. The number of hydrogen-bond acceptors (Lipinski definition) is 3. The van der Waals surface area contributed by atoms with Gasteiger partial charge in [-0.25, -0.2) is 0 Å². The van der Waals surface area contributed by atoms with Crippen LogP contribution in [0.25, 0.3) is 0 Å². The molecule has 1 aliphatic rings. The zero-order chi connectivity index (χ0) is 15.8. The summed E-state index contributed by atoms with van der Waals surface area (Å²) in [5, 5.41) is 0. The zero-order valence-electron chi connectivity index (χ0n) is 14.5. The van der Waals surface area contributed by atoms with Crippen LogP contribution in [0.15, 0.2) is 0 Å². The summed E-state index contributed by atoms with van der Waals surface area (Å²) in [6.07, 6.45) is 4.15. The molecule has 1 saturated heterocycles. The third-order valence-corrected chi connectivity index (χ3v) is 4.11. The third kappa shape index (κ3) is 6.79. The highest BCUT2D eigenvalue weighted by Gasteiger charge is 2.25. The van der Waals surface area contributed by atoms with Crippen molar-refractivity contribution in [3.8, 4) is 0 Å². The van der Waals surface area contributed by atoms with E-state index in [9.17, 15) is 4.79 Å². The molecule has 1 amide bonds. The molecule has 1 rings (SSSR count). The predicted molar refractivity (Wildman–Crippen MR) is 89.1 cm³/mol. The molecule has 1 unspecified atom stereocenters. The number of rotatable bonds is 8. The molecule has 4 nitrogen and oxygen atoms in total. The topological polar surface area (TPSA) is 49.6 Å². The molecular formula is C17H35N3O. The second-order valence-corrected chi connectivity index (χ2v) is 7.28. The van der Waals surface area contributed by atoms with Crippen molar-refractivity contribution in [3.05, 3.63) is 0 Å². The lowest BCUT2D eigenvalue weighted by molar-refractivity contribution is -0.133. The Bertz CT molecular complexity index is 288. The smallest absolute Gasteiger partial charge is 0.224 e. The summed E-state index contributed by atoms with van der Waals surface area (Å²) in [6.45, 7) is 13.4. The fourth-order valence-corrected chi connectivity index (χ4v) is 3.15. The largest absolute Gasteiger partial charge is 0.343 e. The minimum atomic E-state index is 0.184. The van der Waals surface area contributed by atoms with Gasteiger partial charge >= 0.3 is 0 Å². The summed E-state index contributed by atoms with van der Waals surface area (Å²) in [5.74, 6) is 1.49. The highest BCUT2D eigenvalue weighted by molar-refractivity contribution is 5.77. The van der Waals surface area contributed by atoms with E-state index in [2.05, 4.69) is 32.6 Å². The van der Waals surface area contributed by atoms with E-state index in [4.69, 9.17) is 5.73 Å². The zero-order valence-corrected chi connectivity index (χ0v) is 14.5. The van der Waals surface area contributed by atoms with Crippen LogP contribution in [-0.2, 0) is 4.79 Å². The Morgan fingerprint density at radius 3 is 2.00 bits per heavy atom. The maximum absolute atomic E-state index is 12.5. The molecule has 0 spiro atoms. The number of likely N-dealkylation sites (tertiary alicyclic amines) is 1. The summed E-state index contributed by atoms with van der Waals surface area (Å²) in [7, 11) is 0. The molecule has 1 heterocycles. The molecule has 0 radical (unpaired) electrons. The number of hydrogen-bond donors (Lipinski definition) is 1. The second-order valence-electron chi connectivity index (χ2n) is 7.28. The Morgan fingerprint density at radius 2 is 1.57 bits per heavy atom. The van der Waals surface area contributed by atoms with Crippen LogP contribution >= 0.6 is 0 Å². The molecular weight excluding hydrogens is 262 g/mol. The Labute approximate surface area is 131 Å². The van der Waals surface area contributed by atoms with E-state index in [1.807, 2.05) is 4.90 Å². The van der Waals surface area contributed by atoms with Crippen LogP contribution in [0.1, 0.15) is 53.4 Å². The first-order valence-corrected chi connectivity index (χ1v) is 8.66. The summed E-state index contributed by atoms with van der Waals surface area (Å²) >= 11 is 0. The van der Waals surface area contributed by atoms with E-state index < -0.39 is 0 Å². The van der Waals surface area contributed by atoms with Crippen molar-refractivity contribution in [2.45, 2.75) is 59.4 Å². The van der Waals surface area contributed by atoms with Gasteiger partial charge in [0, 0.05) is 45.2 Å². The minimum absolute atomic E-state index is 0.184. The Hall–Kier alpha value is -0.610. The number of carbonyl (C=O) groups is 1. The summed E-state index contributed by atoms with van der Waals surface area (Å²) in [4.78, 5) is 17.0. The van der Waals surface area contributed by atoms with Crippen LogP contribution in [0.4, 0.5) is 0 Å². The Morgan fingerprint density at radius 1 is 1.05 bits per heavy atom. The maximum atomic E-state index is 12.5. The standard InChI is InChI=1S/C17H35N3O/c1-14(2)12-20(13-15(3)4)16(11-18)10-17(21)19-8-6-5-7-9-19/h14-16H,5-13,18H2,1-4H3. The summed E-state index contributed by atoms with van der Waals surface area (Å²) in [6, 6.07) is 0.184. The maximum Gasteiger partial charge on any atom is 0.224 e. The van der Waals surface area contributed by atoms with Crippen LogP contribution < -0.4 is 5.73 Å². The highest BCUT2D eigenvalue weighted by atomic mass is 16.2. The fraction of sp³-hybridized carbons (Fsp3) is 0.941. The molecule has 0 aliphatic carbocycles. The number of carbonyl (C=O) groups excluding carboxylic acids is 1. The Balaban J connectivity index is 2.61. The number of piperidine rings is 1. The van der Waals surface area contributed by atoms with Crippen molar-refractivity contribution in [2.75, 3.05) is 32.7 Å². The van der Waals surface area contributed by atoms with Gasteiger partial charge in [-0.05, 0) is 31.1 Å². The van der Waals surface area contributed by atoms with Crippen LogP contribution in [0.3, 0.4) is 0 Å². The molecule has 0 aromatic heterocycles. The normalized spacial score (nSPS) is 17.8. The SMILES string of the molecule is CC(C)CN(CC(C)C)C(CN)CC(=O)N1CCCCC1. The van der Waals surface area contributed by atoms with E-state index in [1.54, 1.807) is 0 Å². The quantitative estimate of drug-likeness (QED) is 0.748. The van der Waals surface area contributed by atoms with Crippen LogP contribution in [-0.4, -0.2) is 54.5 Å². The van der Waals surface area contributed by atoms with Gasteiger partial charge in [0.2, 0.25) is 5.91 Å². The monoisotopic (exact) mass is 297 g/mol. The molecule has 1 aliphatic heterocycles. The summed E-state index contributed by atoms with van der Waals surface area (Å²) in [5.41, 5.74) is 5.99. The van der Waals surface area contributed by atoms with Crippen LogP contribution in [0.2, 0.25) is 0 Å².